The molecule has 1 N–H and O–H groups in total. The van der Waals surface area contributed by atoms with Crippen LogP contribution in [0.5, 0.6) is 0 Å². The molecule has 8 heteroatoms. The monoisotopic (exact) mass is 365 g/mol. The Labute approximate surface area is 150 Å². The second-order valence-corrected chi connectivity index (χ2v) is 5.84. The van der Waals surface area contributed by atoms with Crippen LogP contribution in [0.2, 0.25) is 0 Å². The number of amides is 1. The lowest BCUT2D eigenvalue weighted by atomic mass is 9.99. The molecule has 0 aliphatic rings. The molecule has 0 aliphatic heterocycles. The predicted molar refractivity (Wildman–Crippen MR) is 90.4 cm³/mol. The first kappa shape index (κ1) is 19.6. The third-order valence-electron chi connectivity index (χ3n) is 4.09. The van der Waals surface area contributed by atoms with E-state index in [-0.39, 0.29) is 11.7 Å². The molecule has 1 aromatic carbocycles. The maximum Gasteiger partial charge on any atom is 0.329 e. The van der Waals surface area contributed by atoms with Gasteiger partial charge in [0.05, 0.1) is 0 Å². The van der Waals surface area contributed by atoms with Gasteiger partial charge in [-0.1, -0.05) is 38.5 Å². The second-order valence-electron chi connectivity index (χ2n) is 5.84. The minimum absolute atomic E-state index is 0.0642. The van der Waals surface area contributed by atoms with E-state index in [1.54, 1.807) is 37.3 Å². The highest BCUT2D eigenvalue weighted by atomic mass is 19.3. The third kappa shape index (κ3) is 4.87. The zero-order valence-corrected chi connectivity index (χ0v) is 14.6. The number of imidazole rings is 1. The van der Waals surface area contributed by atoms with Crippen LogP contribution in [0.3, 0.4) is 0 Å². The van der Waals surface area contributed by atoms with Crippen LogP contribution < -0.4 is 5.32 Å². The van der Waals surface area contributed by atoms with E-state index in [1.807, 2.05) is 6.92 Å². The van der Waals surface area contributed by atoms with Gasteiger partial charge in [0.2, 0.25) is 0 Å². The van der Waals surface area contributed by atoms with Crippen LogP contribution in [-0.2, 0) is 16.1 Å². The number of ether oxygens (including phenoxy) is 1. The summed E-state index contributed by atoms with van der Waals surface area (Å²) in [5, 5.41) is 2.66. The molecule has 140 valence electrons. The first-order chi connectivity index (χ1) is 12.4. The van der Waals surface area contributed by atoms with Gasteiger partial charge in [0.15, 0.2) is 5.82 Å². The van der Waals surface area contributed by atoms with E-state index in [2.05, 4.69) is 10.3 Å². The van der Waals surface area contributed by atoms with Gasteiger partial charge in [-0.3, -0.25) is 9.36 Å². The normalized spacial score (nSPS) is 13.3. The molecule has 2 aromatic rings. The van der Waals surface area contributed by atoms with Crippen molar-refractivity contribution in [3.05, 3.63) is 54.1 Å². The number of benzene rings is 1. The van der Waals surface area contributed by atoms with Gasteiger partial charge in [-0.05, 0) is 18.1 Å². The molecule has 0 aliphatic carbocycles. The molecule has 0 fully saturated rings. The van der Waals surface area contributed by atoms with Crippen LogP contribution in [0.4, 0.5) is 8.78 Å². The quantitative estimate of drug-likeness (QED) is 0.730. The Hall–Kier alpha value is -2.77. The van der Waals surface area contributed by atoms with E-state index in [9.17, 15) is 18.4 Å². The zero-order valence-electron chi connectivity index (χ0n) is 14.6. The molecule has 1 heterocycles. The molecular weight excluding hydrogens is 344 g/mol. The Balaban J connectivity index is 2.05. The molecular formula is C18H21F2N3O3. The zero-order chi connectivity index (χ0) is 19.1. The molecule has 0 unspecified atom stereocenters. The van der Waals surface area contributed by atoms with Crippen molar-refractivity contribution in [2.75, 3.05) is 0 Å². The fourth-order valence-electron chi connectivity index (χ4n) is 2.34. The van der Waals surface area contributed by atoms with E-state index >= 15 is 0 Å². The number of nitrogens with zero attached hydrogens (tertiary/aromatic N) is 2. The number of esters is 1. The van der Waals surface area contributed by atoms with E-state index in [0.717, 1.165) is 6.20 Å². The lowest BCUT2D eigenvalue weighted by Crippen LogP contribution is -2.46. The lowest BCUT2D eigenvalue weighted by Gasteiger charge is -2.22. The van der Waals surface area contributed by atoms with Gasteiger partial charge < -0.3 is 10.1 Å². The molecule has 1 aromatic heterocycles. The Kier molecular flexibility index (Phi) is 6.82. The summed E-state index contributed by atoms with van der Waals surface area (Å²) in [7, 11) is 0. The van der Waals surface area contributed by atoms with Crippen molar-refractivity contribution in [2.24, 2.45) is 5.92 Å². The molecule has 1 amide bonds. The summed E-state index contributed by atoms with van der Waals surface area (Å²) in [6.45, 7) is 0.513. The summed E-state index contributed by atoms with van der Waals surface area (Å²) in [5.74, 6) is -1.34. The number of hydrogen-bond acceptors (Lipinski definition) is 4. The van der Waals surface area contributed by atoms with Crippen molar-refractivity contribution >= 4 is 11.9 Å². The van der Waals surface area contributed by atoms with Gasteiger partial charge >= 0.3 is 12.5 Å². The van der Waals surface area contributed by atoms with E-state index in [1.165, 1.54) is 6.20 Å². The van der Waals surface area contributed by atoms with Gasteiger partial charge in [-0.25, -0.2) is 9.78 Å². The summed E-state index contributed by atoms with van der Waals surface area (Å²) >= 11 is 0. The summed E-state index contributed by atoms with van der Waals surface area (Å²) in [6, 6.07) is 7.59. The first-order valence-electron chi connectivity index (χ1n) is 8.26. The smallest absolute Gasteiger partial charge is 0.329 e. The molecule has 0 saturated heterocycles. The summed E-state index contributed by atoms with van der Waals surface area (Å²) in [4.78, 5) is 28.5. The Morgan fingerprint density at radius 2 is 1.96 bits per heavy atom. The van der Waals surface area contributed by atoms with Crippen LogP contribution >= 0.6 is 0 Å². The average Bonchev–Trinajstić information content (AvgIpc) is 3.13. The predicted octanol–water partition coefficient (Wildman–Crippen LogP) is 3.17. The number of hydrogen-bond donors (Lipinski definition) is 1. The highest BCUT2D eigenvalue weighted by Crippen LogP contribution is 2.15. The van der Waals surface area contributed by atoms with Crippen LogP contribution in [0.15, 0.2) is 42.7 Å². The summed E-state index contributed by atoms with van der Waals surface area (Å²) in [5.41, 5.74) is 0.418. The number of aromatic nitrogens is 2. The number of rotatable bonds is 8. The van der Waals surface area contributed by atoms with Crippen molar-refractivity contribution < 1.29 is 23.1 Å². The van der Waals surface area contributed by atoms with Gasteiger partial charge in [0, 0.05) is 18.0 Å². The lowest BCUT2D eigenvalue weighted by molar-refractivity contribution is -0.149. The van der Waals surface area contributed by atoms with Gasteiger partial charge in [-0.2, -0.15) is 8.78 Å². The summed E-state index contributed by atoms with van der Waals surface area (Å²) < 4.78 is 31.4. The van der Waals surface area contributed by atoms with Crippen molar-refractivity contribution in [1.29, 1.82) is 0 Å². The molecule has 6 nitrogen and oxygen atoms in total. The number of carbonyl (C=O) groups is 2. The molecule has 0 spiro atoms. The summed E-state index contributed by atoms with van der Waals surface area (Å²) in [6.07, 6.45) is 2.94. The van der Waals surface area contributed by atoms with Gasteiger partial charge in [0.25, 0.3) is 5.91 Å². The van der Waals surface area contributed by atoms with Crippen LogP contribution in [0, 0.1) is 5.92 Å². The molecule has 2 rings (SSSR count). The Bertz CT molecular complexity index is 734. The minimum atomic E-state index is -2.77. The molecule has 2 atom stereocenters. The highest BCUT2D eigenvalue weighted by molar-refractivity contribution is 5.96. The topological polar surface area (TPSA) is 73.2 Å². The molecule has 0 bridgehead atoms. The highest BCUT2D eigenvalue weighted by Gasteiger charge is 2.28. The van der Waals surface area contributed by atoms with Crippen molar-refractivity contribution in [1.82, 2.24) is 14.9 Å². The number of halogens is 2. The molecule has 0 saturated carbocycles. The fraction of sp³-hybridized carbons (Fsp3) is 0.389. The molecule has 0 radical (unpaired) electrons. The van der Waals surface area contributed by atoms with Crippen molar-refractivity contribution in [3.63, 3.8) is 0 Å². The average molecular weight is 365 g/mol. The SMILES string of the molecule is CC[C@H](C)[C@H](NC(=O)c1ccccc1)C(=O)OCc1nccn1C(F)F. The van der Waals surface area contributed by atoms with Crippen molar-refractivity contribution in [2.45, 2.75) is 39.5 Å². The standard InChI is InChI=1S/C18H21F2N3O3/c1-3-12(2)15(22-16(24)13-7-5-4-6-8-13)17(25)26-11-14-21-9-10-23(14)18(19)20/h4-10,12,15,18H,3,11H2,1-2H3,(H,22,24)/t12-,15-/m0/s1. The fourth-order valence-corrected chi connectivity index (χ4v) is 2.34. The third-order valence-corrected chi connectivity index (χ3v) is 4.09. The number of nitrogens with one attached hydrogen (secondary N) is 1. The minimum Gasteiger partial charge on any atom is -0.456 e. The van der Waals surface area contributed by atoms with Gasteiger partial charge in [0.1, 0.15) is 12.6 Å². The maximum absolute atomic E-state index is 12.8. The second kappa shape index (κ2) is 9.07. The maximum atomic E-state index is 12.8. The Morgan fingerprint density at radius 1 is 1.27 bits per heavy atom. The van der Waals surface area contributed by atoms with Crippen LogP contribution in [0.25, 0.3) is 0 Å². The Morgan fingerprint density at radius 3 is 2.58 bits per heavy atom. The van der Waals surface area contributed by atoms with Crippen molar-refractivity contribution in [3.8, 4) is 0 Å². The van der Waals surface area contributed by atoms with E-state index < -0.39 is 31.1 Å². The van der Waals surface area contributed by atoms with E-state index in [4.69, 9.17) is 4.74 Å². The molecule has 26 heavy (non-hydrogen) atoms. The van der Waals surface area contributed by atoms with Crippen LogP contribution in [-0.4, -0.2) is 27.5 Å². The number of carbonyl (C=O) groups excluding carboxylic acids is 2. The van der Waals surface area contributed by atoms with Gasteiger partial charge in [-0.15, -0.1) is 0 Å². The largest absolute Gasteiger partial charge is 0.456 e. The van der Waals surface area contributed by atoms with E-state index in [0.29, 0.717) is 16.6 Å². The first-order valence-corrected chi connectivity index (χ1v) is 8.26. The number of alkyl halides is 2. The van der Waals surface area contributed by atoms with Crippen LogP contribution in [0.1, 0.15) is 43.0 Å².